The minimum atomic E-state index is -4.65. The summed E-state index contributed by atoms with van der Waals surface area (Å²) in [5, 5.41) is 10.7. The van der Waals surface area contributed by atoms with Crippen LogP contribution in [0.15, 0.2) is 64.7 Å². The number of rotatable bonds is 6. The molecule has 1 aromatic carbocycles. The monoisotopic (exact) mass is 467 g/mol. The molecule has 0 radical (unpaired) electrons. The highest BCUT2D eigenvalue weighted by molar-refractivity contribution is 7.89. The molecule has 0 aliphatic carbocycles. The molecule has 1 aromatic heterocycles. The predicted molar refractivity (Wildman–Crippen MR) is 108 cm³/mol. The van der Waals surface area contributed by atoms with E-state index in [4.69, 9.17) is 0 Å². The minimum Gasteiger partial charge on any atom is -0.377 e. The minimum absolute atomic E-state index is 0.0685. The number of sulfonamides is 1. The summed E-state index contributed by atoms with van der Waals surface area (Å²) in [4.78, 5) is 16.2. The lowest BCUT2D eigenvalue weighted by Crippen LogP contribution is -2.41. The fraction of sp³-hybridized carbons (Fsp3) is 0.333. The number of nitrogens with zero attached hydrogens (tertiary/aromatic N) is 3. The van der Waals surface area contributed by atoms with Crippen molar-refractivity contribution in [3.05, 3.63) is 71.1 Å². The van der Waals surface area contributed by atoms with Gasteiger partial charge in [0, 0.05) is 32.4 Å². The van der Waals surface area contributed by atoms with Gasteiger partial charge in [0.2, 0.25) is 10.0 Å². The Balaban J connectivity index is 1.43. The van der Waals surface area contributed by atoms with E-state index in [9.17, 15) is 31.5 Å². The van der Waals surface area contributed by atoms with E-state index in [-0.39, 0.29) is 18.0 Å². The first-order valence-electron chi connectivity index (χ1n) is 9.77. The number of aliphatic hydroxyl groups is 1. The number of hydrogen-bond donors (Lipinski definition) is 1. The Bertz CT molecular complexity index is 1120. The zero-order valence-corrected chi connectivity index (χ0v) is 17.6. The van der Waals surface area contributed by atoms with Gasteiger partial charge in [0.1, 0.15) is 23.1 Å². The van der Waals surface area contributed by atoms with Crippen LogP contribution < -0.4 is 0 Å². The molecular weight excluding hydrogens is 447 g/mol. The molecule has 7 nitrogen and oxygen atoms in total. The van der Waals surface area contributed by atoms with E-state index in [2.05, 4.69) is 4.98 Å². The second-order valence-corrected chi connectivity index (χ2v) is 9.69. The maximum absolute atomic E-state index is 12.9. The van der Waals surface area contributed by atoms with E-state index in [1.807, 2.05) is 6.07 Å². The van der Waals surface area contributed by atoms with Crippen molar-refractivity contribution < 1.29 is 31.5 Å². The van der Waals surface area contributed by atoms with Gasteiger partial charge in [-0.1, -0.05) is 30.3 Å². The molecule has 4 rings (SSSR count). The molecule has 170 valence electrons. The van der Waals surface area contributed by atoms with Gasteiger partial charge in [-0.25, -0.2) is 8.42 Å². The molecule has 0 spiro atoms. The van der Waals surface area contributed by atoms with Crippen molar-refractivity contribution in [1.82, 2.24) is 14.2 Å². The summed E-state index contributed by atoms with van der Waals surface area (Å²) in [7, 11) is -4.02. The smallest absolute Gasteiger partial charge is 0.377 e. The molecule has 0 amide bonds. The third kappa shape index (κ3) is 4.20. The van der Waals surface area contributed by atoms with Crippen LogP contribution in [0.1, 0.15) is 17.2 Å². The summed E-state index contributed by atoms with van der Waals surface area (Å²) in [6.07, 6.45) is -4.31. The third-order valence-corrected chi connectivity index (χ3v) is 7.49. The number of halogens is 3. The van der Waals surface area contributed by atoms with Crippen molar-refractivity contribution in [2.45, 2.75) is 23.2 Å². The molecule has 2 aromatic rings. The van der Waals surface area contributed by atoms with Gasteiger partial charge in [-0.3, -0.25) is 9.88 Å². The van der Waals surface area contributed by atoms with Crippen molar-refractivity contribution in [3.63, 3.8) is 0 Å². The Hall–Kier alpha value is -2.60. The van der Waals surface area contributed by atoms with Crippen molar-refractivity contribution >= 4 is 16.3 Å². The SMILES string of the molecule is O=C[C@@H](c1ccccc1)C(O)N1CC2=C(C1)CN(S(=O)(=O)c1ccc(C(F)(F)F)nc1)C2. The van der Waals surface area contributed by atoms with Gasteiger partial charge in [0.25, 0.3) is 0 Å². The largest absolute Gasteiger partial charge is 0.433 e. The number of hydrogen-bond acceptors (Lipinski definition) is 6. The van der Waals surface area contributed by atoms with E-state index >= 15 is 0 Å². The molecule has 0 bridgehead atoms. The van der Waals surface area contributed by atoms with Gasteiger partial charge in [0.05, 0.1) is 5.92 Å². The highest BCUT2D eigenvalue weighted by Gasteiger charge is 2.40. The van der Waals surface area contributed by atoms with Crippen LogP contribution in [0.3, 0.4) is 0 Å². The number of aliphatic hydroxyl groups excluding tert-OH is 1. The van der Waals surface area contributed by atoms with Crippen LogP contribution in [-0.2, 0) is 21.0 Å². The molecule has 2 aliphatic heterocycles. The molecule has 32 heavy (non-hydrogen) atoms. The summed E-state index contributed by atoms with van der Waals surface area (Å²) in [5.74, 6) is -0.741. The lowest BCUT2D eigenvalue weighted by Gasteiger charge is -2.29. The number of carbonyl (C=O) groups is 1. The molecular formula is C21H20F3N3O4S. The normalized spacial score (nSPS) is 19.8. The lowest BCUT2D eigenvalue weighted by molar-refractivity contribution is -0.141. The second kappa shape index (κ2) is 8.39. The molecule has 0 fully saturated rings. The van der Waals surface area contributed by atoms with Crippen LogP contribution in [0, 0.1) is 0 Å². The Labute approximate surface area is 182 Å². The van der Waals surface area contributed by atoms with Crippen LogP contribution >= 0.6 is 0 Å². The van der Waals surface area contributed by atoms with Gasteiger partial charge < -0.3 is 9.90 Å². The van der Waals surface area contributed by atoms with Crippen molar-refractivity contribution in [2.24, 2.45) is 0 Å². The summed E-state index contributed by atoms with van der Waals surface area (Å²) >= 11 is 0. The van der Waals surface area contributed by atoms with Crippen LogP contribution in [0.25, 0.3) is 0 Å². The highest BCUT2D eigenvalue weighted by atomic mass is 32.2. The molecule has 11 heteroatoms. The van der Waals surface area contributed by atoms with E-state index < -0.39 is 34.0 Å². The van der Waals surface area contributed by atoms with Gasteiger partial charge in [-0.05, 0) is 28.8 Å². The molecule has 3 heterocycles. The summed E-state index contributed by atoms with van der Waals surface area (Å²) in [6.45, 7) is 0.730. The Morgan fingerprint density at radius 1 is 1.00 bits per heavy atom. The lowest BCUT2D eigenvalue weighted by atomic mass is 9.98. The van der Waals surface area contributed by atoms with Gasteiger partial charge in [-0.2, -0.15) is 17.5 Å². The topological polar surface area (TPSA) is 90.8 Å². The maximum Gasteiger partial charge on any atom is 0.433 e. The number of pyridine rings is 1. The third-order valence-electron chi connectivity index (χ3n) is 5.71. The molecule has 0 saturated carbocycles. The molecule has 2 aliphatic rings. The zero-order valence-electron chi connectivity index (χ0n) is 16.7. The van der Waals surface area contributed by atoms with Gasteiger partial charge in [0.15, 0.2) is 0 Å². The number of aromatic nitrogens is 1. The van der Waals surface area contributed by atoms with Crippen LogP contribution in [0.4, 0.5) is 13.2 Å². The molecule has 2 atom stereocenters. The first-order valence-corrected chi connectivity index (χ1v) is 11.2. The van der Waals surface area contributed by atoms with E-state index in [0.29, 0.717) is 37.2 Å². The first kappa shape index (κ1) is 22.6. The van der Waals surface area contributed by atoms with Crippen LogP contribution in [-0.4, -0.2) is 66.4 Å². The Morgan fingerprint density at radius 3 is 2.12 bits per heavy atom. The maximum atomic E-state index is 12.9. The molecule has 0 saturated heterocycles. The standard InChI is InChI=1S/C21H20F3N3O4S/c22-21(23,24)19-7-6-17(8-25-19)32(30,31)27-11-15-9-26(10-16(15)12-27)20(29)18(13-28)14-4-2-1-3-5-14/h1-8,13,18,20,29H,9-12H2/t18-,20?/m0/s1. The summed E-state index contributed by atoms with van der Waals surface area (Å²) in [5.41, 5.74) is 1.14. The van der Waals surface area contributed by atoms with E-state index in [1.54, 1.807) is 29.2 Å². The van der Waals surface area contributed by atoms with Crippen LogP contribution in [0.5, 0.6) is 0 Å². The van der Waals surface area contributed by atoms with E-state index in [1.165, 1.54) is 4.31 Å². The average molecular weight is 467 g/mol. The Kier molecular flexibility index (Phi) is 5.93. The first-order chi connectivity index (χ1) is 15.1. The highest BCUT2D eigenvalue weighted by Crippen LogP contribution is 2.33. The van der Waals surface area contributed by atoms with Gasteiger partial charge >= 0.3 is 6.18 Å². The van der Waals surface area contributed by atoms with Gasteiger partial charge in [-0.15, -0.1) is 0 Å². The van der Waals surface area contributed by atoms with Crippen LogP contribution in [0.2, 0.25) is 0 Å². The van der Waals surface area contributed by atoms with Crippen molar-refractivity contribution in [1.29, 1.82) is 0 Å². The van der Waals surface area contributed by atoms with Crippen molar-refractivity contribution in [3.8, 4) is 0 Å². The number of aldehydes is 1. The number of benzene rings is 1. The number of alkyl halides is 3. The van der Waals surface area contributed by atoms with Crippen molar-refractivity contribution in [2.75, 3.05) is 26.2 Å². The summed E-state index contributed by atoms with van der Waals surface area (Å²) in [6, 6.07) is 10.4. The second-order valence-electron chi connectivity index (χ2n) is 7.75. The zero-order chi connectivity index (χ0) is 23.1. The molecule has 1 unspecified atom stereocenters. The average Bonchev–Trinajstić information content (AvgIpc) is 3.34. The Morgan fingerprint density at radius 2 is 1.62 bits per heavy atom. The fourth-order valence-corrected chi connectivity index (χ4v) is 5.38. The van der Waals surface area contributed by atoms with E-state index in [0.717, 1.165) is 17.2 Å². The predicted octanol–water partition coefficient (Wildman–Crippen LogP) is 2.02. The quantitative estimate of drug-likeness (QED) is 0.517. The summed E-state index contributed by atoms with van der Waals surface area (Å²) < 4.78 is 65.0. The number of carbonyl (C=O) groups excluding carboxylic acids is 1. The fourth-order valence-electron chi connectivity index (χ4n) is 4.01. The molecule has 1 N–H and O–H groups in total.